The quantitative estimate of drug-likeness (QED) is 0.810. The van der Waals surface area contributed by atoms with Crippen molar-refractivity contribution in [2.45, 2.75) is 38.1 Å². The molecule has 1 aliphatic carbocycles. The molecule has 0 radical (unpaired) electrons. The van der Waals surface area contributed by atoms with Gasteiger partial charge in [-0.2, -0.15) is 0 Å². The highest BCUT2D eigenvalue weighted by Crippen LogP contribution is 2.37. The van der Waals surface area contributed by atoms with Crippen LogP contribution in [0.3, 0.4) is 0 Å². The molecule has 1 aromatic carbocycles. The van der Waals surface area contributed by atoms with E-state index >= 15 is 0 Å². The molecule has 1 fully saturated rings. The maximum atomic E-state index is 3.69. The Bertz CT molecular complexity index is 369. The molecule has 0 aromatic heterocycles. The molecule has 1 heterocycles. The third kappa shape index (κ3) is 1.80. The van der Waals surface area contributed by atoms with Crippen molar-refractivity contribution < 1.29 is 0 Å². The van der Waals surface area contributed by atoms with E-state index in [1.807, 2.05) is 0 Å². The summed E-state index contributed by atoms with van der Waals surface area (Å²) in [5.74, 6) is 0.913. The lowest BCUT2D eigenvalue weighted by molar-refractivity contribution is 0.466. The van der Waals surface area contributed by atoms with Crippen molar-refractivity contribution in [1.29, 1.82) is 0 Å². The maximum absolute atomic E-state index is 3.69. The van der Waals surface area contributed by atoms with Crippen LogP contribution in [0.4, 0.5) is 5.69 Å². The van der Waals surface area contributed by atoms with E-state index in [2.05, 4.69) is 39.4 Å². The van der Waals surface area contributed by atoms with E-state index < -0.39 is 0 Å². The second-order valence-electron chi connectivity index (χ2n) is 4.80. The van der Waals surface area contributed by atoms with Gasteiger partial charge in [-0.25, -0.2) is 0 Å². The number of nitrogens with one attached hydrogen (secondary N) is 1. The first kappa shape index (κ1) is 9.71. The normalized spacial score (nSPS) is 25.3. The van der Waals surface area contributed by atoms with Gasteiger partial charge in [-0.15, -0.1) is 0 Å². The first-order chi connectivity index (χ1) is 7.33. The molecule has 1 atom stereocenters. The van der Waals surface area contributed by atoms with Crippen molar-refractivity contribution in [1.82, 2.24) is 0 Å². The summed E-state index contributed by atoms with van der Waals surface area (Å²) in [5, 5.41) is 3.69. The van der Waals surface area contributed by atoms with Crippen LogP contribution in [0.1, 0.15) is 31.2 Å². The average molecular weight is 266 g/mol. The first-order valence-corrected chi connectivity index (χ1v) is 6.67. The first-order valence-electron chi connectivity index (χ1n) is 5.88. The van der Waals surface area contributed by atoms with Gasteiger partial charge in [-0.1, -0.05) is 34.8 Å². The SMILES string of the molecule is Brc1ccc2c(c1)NC(C1CCCC1)C2. The van der Waals surface area contributed by atoms with E-state index in [4.69, 9.17) is 0 Å². The number of halogens is 1. The van der Waals surface area contributed by atoms with E-state index in [1.54, 1.807) is 0 Å². The minimum atomic E-state index is 0.705. The van der Waals surface area contributed by atoms with Crippen LogP contribution in [0, 0.1) is 5.92 Å². The van der Waals surface area contributed by atoms with Gasteiger partial charge in [0.2, 0.25) is 0 Å². The van der Waals surface area contributed by atoms with Crippen LogP contribution < -0.4 is 5.32 Å². The lowest BCUT2D eigenvalue weighted by atomic mass is 9.95. The highest BCUT2D eigenvalue weighted by Gasteiger charge is 2.29. The van der Waals surface area contributed by atoms with E-state index in [-0.39, 0.29) is 0 Å². The van der Waals surface area contributed by atoms with Gasteiger partial charge in [0.05, 0.1) is 0 Å². The zero-order valence-corrected chi connectivity index (χ0v) is 10.4. The van der Waals surface area contributed by atoms with Crippen molar-refractivity contribution in [2.24, 2.45) is 5.92 Å². The van der Waals surface area contributed by atoms with Crippen molar-refractivity contribution in [3.05, 3.63) is 28.2 Å². The average Bonchev–Trinajstić information content (AvgIpc) is 2.84. The summed E-state index contributed by atoms with van der Waals surface area (Å²) in [6, 6.07) is 7.32. The highest BCUT2D eigenvalue weighted by atomic mass is 79.9. The molecule has 1 nitrogen and oxygen atoms in total. The second kappa shape index (κ2) is 3.82. The van der Waals surface area contributed by atoms with Gasteiger partial charge in [0.15, 0.2) is 0 Å². The Morgan fingerprint density at radius 3 is 2.80 bits per heavy atom. The third-order valence-electron chi connectivity index (χ3n) is 3.82. The predicted octanol–water partition coefficient (Wildman–Crippen LogP) is 3.98. The van der Waals surface area contributed by atoms with Gasteiger partial charge in [0.1, 0.15) is 0 Å². The molecule has 80 valence electrons. The van der Waals surface area contributed by atoms with Gasteiger partial charge >= 0.3 is 0 Å². The van der Waals surface area contributed by atoms with E-state index in [0.29, 0.717) is 6.04 Å². The molecule has 1 saturated carbocycles. The Morgan fingerprint density at radius 2 is 2.00 bits per heavy atom. The Hall–Kier alpha value is -0.500. The second-order valence-corrected chi connectivity index (χ2v) is 5.72. The number of fused-ring (bicyclic) bond motifs is 1. The Labute approximate surface area is 99.4 Å². The van der Waals surface area contributed by atoms with E-state index in [0.717, 1.165) is 5.92 Å². The number of benzene rings is 1. The number of hydrogen-bond acceptors (Lipinski definition) is 1. The Balaban J connectivity index is 1.79. The summed E-state index contributed by atoms with van der Waals surface area (Å²) in [5.41, 5.74) is 2.84. The molecule has 0 bridgehead atoms. The van der Waals surface area contributed by atoms with E-state index in [9.17, 15) is 0 Å². The smallest absolute Gasteiger partial charge is 0.0387 e. The monoisotopic (exact) mass is 265 g/mol. The maximum Gasteiger partial charge on any atom is 0.0387 e. The van der Waals surface area contributed by atoms with Crippen LogP contribution in [-0.2, 0) is 6.42 Å². The largest absolute Gasteiger partial charge is 0.381 e. The molecular formula is C13H16BrN. The van der Waals surface area contributed by atoms with Gasteiger partial charge in [-0.05, 0) is 42.9 Å². The molecule has 0 saturated heterocycles. The topological polar surface area (TPSA) is 12.0 Å². The summed E-state index contributed by atoms with van der Waals surface area (Å²) < 4.78 is 1.18. The van der Waals surface area contributed by atoms with Crippen molar-refractivity contribution in [2.75, 3.05) is 5.32 Å². The standard InChI is InChI=1S/C13H16BrN/c14-11-6-5-10-7-12(15-13(10)8-11)9-3-1-2-4-9/h5-6,8-9,12,15H,1-4,7H2. The number of anilines is 1. The fourth-order valence-electron chi connectivity index (χ4n) is 2.99. The van der Waals surface area contributed by atoms with Gasteiger partial charge < -0.3 is 5.32 Å². The zero-order chi connectivity index (χ0) is 10.3. The molecule has 1 aromatic rings. The molecule has 15 heavy (non-hydrogen) atoms. The zero-order valence-electron chi connectivity index (χ0n) is 8.80. The minimum absolute atomic E-state index is 0.705. The van der Waals surface area contributed by atoms with Crippen molar-refractivity contribution >= 4 is 21.6 Å². The summed E-state index contributed by atoms with van der Waals surface area (Å²) >= 11 is 3.53. The lowest BCUT2D eigenvalue weighted by Gasteiger charge is -2.18. The van der Waals surface area contributed by atoms with Crippen molar-refractivity contribution in [3.63, 3.8) is 0 Å². The number of hydrogen-bond donors (Lipinski definition) is 1. The van der Waals surface area contributed by atoms with Gasteiger partial charge in [-0.3, -0.25) is 0 Å². The lowest BCUT2D eigenvalue weighted by Crippen LogP contribution is -2.24. The van der Waals surface area contributed by atoms with Crippen LogP contribution in [0.15, 0.2) is 22.7 Å². The van der Waals surface area contributed by atoms with Crippen LogP contribution in [0.5, 0.6) is 0 Å². The van der Waals surface area contributed by atoms with Crippen LogP contribution in [-0.4, -0.2) is 6.04 Å². The van der Waals surface area contributed by atoms with E-state index in [1.165, 1.54) is 47.8 Å². The molecular weight excluding hydrogens is 250 g/mol. The third-order valence-corrected chi connectivity index (χ3v) is 4.31. The molecule has 2 heteroatoms. The summed E-state index contributed by atoms with van der Waals surface area (Å²) in [6.07, 6.45) is 6.94. The molecule has 0 amide bonds. The molecule has 1 N–H and O–H groups in total. The Morgan fingerprint density at radius 1 is 1.20 bits per heavy atom. The summed E-state index contributed by atoms with van der Waals surface area (Å²) in [7, 11) is 0. The molecule has 1 aliphatic heterocycles. The van der Waals surface area contributed by atoms with Crippen LogP contribution >= 0.6 is 15.9 Å². The number of rotatable bonds is 1. The molecule has 3 rings (SSSR count). The van der Waals surface area contributed by atoms with Crippen LogP contribution in [0.25, 0.3) is 0 Å². The molecule has 0 spiro atoms. The minimum Gasteiger partial charge on any atom is -0.381 e. The molecule has 2 aliphatic rings. The van der Waals surface area contributed by atoms with Crippen molar-refractivity contribution in [3.8, 4) is 0 Å². The predicted molar refractivity (Wildman–Crippen MR) is 67.2 cm³/mol. The van der Waals surface area contributed by atoms with Crippen LogP contribution in [0.2, 0.25) is 0 Å². The Kier molecular flexibility index (Phi) is 2.47. The molecule has 1 unspecified atom stereocenters. The highest BCUT2D eigenvalue weighted by molar-refractivity contribution is 9.10. The summed E-state index contributed by atoms with van der Waals surface area (Å²) in [4.78, 5) is 0. The summed E-state index contributed by atoms with van der Waals surface area (Å²) in [6.45, 7) is 0. The fourth-order valence-corrected chi connectivity index (χ4v) is 3.35. The fraction of sp³-hybridized carbons (Fsp3) is 0.538. The van der Waals surface area contributed by atoms with Gasteiger partial charge in [0.25, 0.3) is 0 Å². The van der Waals surface area contributed by atoms with Gasteiger partial charge in [0, 0.05) is 16.2 Å².